The first-order valence-electron chi connectivity index (χ1n) is 13.3. The van der Waals surface area contributed by atoms with Crippen LogP contribution in [0.15, 0.2) is 140 Å². The maximum atomic E-state index is 6.82. The summed E-state index contributed by atoms with van der Waals surface area (Å²) in [5.41, 5.74) is 10.1. The summed E-state index contributed by atoms with van der Waals surface area (Å²) < 4.78 is 13.6. The summed E-state index contributed by atoms with van der Waals surface area (Å²) in [6.45, 7) is -0.000326. The molecule has 6 aromatic rings. The van der Waals surface area contributed by atoms with Crippen LogP contribution in [0.2, 0.25) is 0 Å². The Morgan fingerprint density at radius 3 is 1.28 bits per heavy atom. The predicted molar refractivity (Wildman–Crippen MR) is 160 cm³/mol. The van der Waals surface area contributed by atoms with Crippen molar-refractivity contribution in [3.63, 3.8) is 0 Å². The standard InChI is InChI=1S/C36H23BO2/c1-4-12-24(13-5-1)27-22-32-34-33(23-27)39-36-29(26-16-8-3-9-17-26)19-11-21-31(36)37(34)30-20-10-18-28(35(30)38-32)25-14-6-2-7-15-25/h1-23H. The smallest absolute Gasteiger partial charge is 0.260 e. The minimum atomic E-state index is -0.000326. The van der Waals surface area contributed by atoms with Crippen molar-refractivity contribution in [2.45, 2.75) is 0 Å². The van der Waals surface area contributed by atoms with Crippen LogP contribution in [0.4, 0.5) is 0 Å². The van der Waals surface area contributed by atoms with E-state index in [1.54, 1.807) is 0 Å². The van der Waals surface area contributed by atoms with Crippen molar-refractivity contribution < 1.29 is 9.47 Å². The first-order valence-corrected chi connectivity index (χ1v) is 13.3. The molecule has 0 unspecified atom stereocenters. The van der Waals surface area contributed by atoms with E-state index in [2.05, 4.69) is 121 Å². The van der Waals surface area contributed by atoms with Gasteiger partial charge in [0.1, 0.15) is 23.0 Å². The quantitative estimate of drug-likeness (QED) is 0.236. The summed E-state index contributed by atoms with van der Waals surface area (Å²) in [5, 5.41) is 0. The van der Waals surface area contributed by atoms with Gasteiger partial charge in [0, 0.05) is 16.6 Å². The lowest BCUT2D eigenvalue weighted by atomic mass is 9.34. The molecular formula is C36H23BO2. The highest BCUT2D eigenvalue weighted by Crippen LogP contribution is 2.43. The molecule has 0 fully saturated rings. The molecule has 2 aliphatic rings. The third-order valence-corrected chi connectivity index (χ3v) is 7.81. The zero-order valence-corrected chi connectivity index (χ0v) is 21.2. The average molecular weight is 498 g/mol. The van der Waals surface area contributed by atoms with Gasteiger partial charge in [-0.1, -0.05) is 127 Å². The fourth-order valence-corrected chi connectivity index (χ4v) is 6.03. The molecule has 0 aromatic heterocycles. The zero-order chi connectivity index (χ0) is 25.8. The van der Waals surface area contributed by atoms with Crippen LogP contribution in [0.5, 0.6) is 23.0 Å². The lowest BCUT2D eigenvalue weighted by Gasteiger charge is -2.35. The molecule has 0 saturated heterocycles. The molecule has 0 aliphatic carbocycles. The van der Waals surface area contributed by atoms with Gasteiger partial charge in [0.25, 0.3) is 6.71 Å². The molecule has 0 saturated carbocycles. The van der Waals surface area contributed by atoms with E-state index in [1.165, 1.54) is 0 Å². The number of para-hydroxylation sites is 2. The van der Waals surface area contributed by atoms with Crippen molar-refractivity contribution >= 4 is 23.1 Å². The van der Waals surface area contributed by atoms with E-state index in [9.17, 15) is 0 Å². The molecule has 0 radical (unpaired) electrons. The first kappa shape index (κ1) is 22.0. The molecule has 2 heterocycles. The van der Waals surface area contributed by atoms with Crippen LogP contribution in [0.3, 0.4) is 0 Å². The van der Waals surface area contributed by atoms with Gasteiger partial charge in [-0.05, 0) is 45.3 Å². The van der Waals surface area contributed by atoms with Crippen LogP contribution < -0.4 is 25.9 Å². The molecule has 0 bridgehead atoms. The molecular weight excluding hydrogens is 475 g/mol. The summed E-state index contributed by atoms with van der Waals surface area (Å²) in [7, 11) is 0. The van der Waals surface area contributed by atoms with E-state index in [4.69, 9.17) is 9.47 Å². The van der Waals surface area contributed by atoms with E-state index >= 15 is 0 Å². The van der Waals surface area contributed by atoms with Gasteiger partial charge in [0.2, 0.25) is 0 Å². The molecule has 0 N–H and O–H groups in total. The van der Waals surface area contributed by atoms with Crippen molar-refractivity contribution in [1.82, 2.24) is 0 Å². The second kappa shape index (κ2) is 8.78. The van der Waals surface area contributed by atoms with E-state index in [-0.39, 0.29) is 6.71 Å². The first-order chi connectivity index (χ1) is 19.3. The molecule has 0 atom stereocenters. The average Bonchev–Trinajstić information content (AvgIpc) is 3.01. The maximum Gasteiger partial charge on any atom is 0.260 e. The Hall–Kier alpha value is -5.02. The van der Waals surface area contributed by atoms with Gasteiger partial charge in [-0.2, -0.15) is 0 Å². The summed E-state index contributed by atoms with van der Waals surface area (Å²) in [5.74, 6) is 3.52. The van der Waals surface area contributed by atoms with Crippen molar-refractivity contribution in [2.24, 2.45) is 0 Å². The molecule has 6 aromatic carbocycles. The maximum absolute atomic E-state index is 6.82. The molecule has 3 heteroatoms. The van der Waals surface area contributed by atoms with Gasteiger partial charge >= 0.3 is 0 Å². The van der Waals surface area contributed by atoms with Crippen molar-refractivity contribution in [1.29, 1.82) is 0 Å². The largest absolute Gasteiger partial charge is 0.458 e. The van der Waals surface area contributed by atoms with Crippen LogP contribution in [-0.2, 0) is 0 Å². The SMILES string of the molecule is c1ccc(-c2cc3c4c(c2)Oc2c(cccc2-c2ccccc2)B4c2cccc(-c4ccccc4)c2O3)cc1. The second-order valence-corrected chi connectivity index (χ2v) is 10.1. The fourth-order valence-electron chi connectivity index (χ4n) is 6.03. The molecule has 182 valence electrons. The van der Waals surface area contributed by atoms with Crippen LogP contribution in [0.25, 0.3) is 33.4 Å². The second-order valence-electron chi connectivity index (χ2n) is 10.1. The van der Waals surface area contributed by atoms with Crippen molar-refractivity contribution in [2.75, 3.05) is 0 Å². The molecule has 2 aliphatic heterocycles. The van der Waals surface area contributed by atoms with E-state index in [1.807, 2.05) is 18.2 Å². The Morgan fingerprint density at radius 1 is 0.385 bits per heavy atom. The Morgan fingerprint density at radius 2 is 0.821 bits per heavy atom. The van der Waals surface area contributed by atoms with Gasteiger partial charge in [0.15, 0.2) is 0 Å². The minimum Gasteiger partial charge on any atom is -0.458 e. The molecule has 2 nitrogen and oxygen atoms in total. The van der Waals surface area contributed by atoms with E-state index in [0.717, 1.165) is 72.8 Å². The number of fused-ring (bicyclic) bond motifs is 4. The van der Waals surface area contributed by atoms with Gasteiger partial charge in [-0.3, -0.25) is 0 Å². The number of hydrogen-bond donors (Lipinski definition) is 0. The normalized spacial score (nSPS) is 12.5. The molecule has 8 rings (SSSR count). The Balaban J connectivity index is 1.41. The van der Waals surface area contributed by atoms with Crippen LogP contribution in [-0.4, -0.2) is 6.71 Å². The van der Waals surface area contributed by atoms with Gasteiger partial charge in [-0.25, -0.2) is 0 Å². The van der Waals surface area contributed by atoms with E-state index < -0.39 is 0 Å². The number of ether oxygens (including phenoxy) is 2. The van der Waals surface area contributed by atoms with Gasteiger partial charge in [0.05, 0.1) is 0 Å². The van der Waals surface area contributed by atoms with Crippen molar-refractivity contribution in [3.8, 4) is 56.4 Å². The summed E-state index contributed by atoms with van der Waals surface area (Å²) in [4.78, 5) is 0. The number of benzene rings is 6. The number of rotatable bonds is 3. The summed E-state index contributed by atoms with van der Waals surface area (Å²) in [6.07, 6.45) is 0. The molecule has 0 spiro atoms. The molecule has 0 amide bonds. The number of hydrogen-bond acceptors (Lipinski definition) is 2. The Kier molecular flexibility index (Phi) is 4.96. The minimum absolute atomic E-state index is 0.000326. The lowest BCUT2D eigenvalue weighted by Crippen LogP contribution is -2.57. The monoisotopic (exact) mass is 498 g/mol. The fraction of sp³-hybridized carbons (Fsp3) is 0. The lowest BCUT2D eigenvalue weighted by molar-refractivity contribution is 0.466. The molecule has 39 heavy (non-hydrogen) atoms. The van der Waals surface area contributed by atoms with Crippen LogP contribution >= 0.6 is 0 Å². The highest BCUT2D eigenvalue weighted by molar-refractivity contribution is 6.98. The zero-order valence-electron chi connectivity index (χ0n) is 21.2. The summed E-state index contributed by atoms with van der Waals surface area (Å²) in [6, 6.07) is 48.7. The van der Waals surface area contributed by atoms with E-state index in [0.29, 0.717) is 0 Å². The van der Waals surface area contributed by atoms with Crippen LogP contribution in [0.1, 0.15) is 0 Å². The Bertz CT molecular complexity index is 1730. The highest BCUT2D eigenvalue weighted by atomic mass is 16.5. The van der Waals surface area contributed by atoms with Crippen molar-refractivity contribution in [3.05, 3.63) is 140 Å². The third kappa shape index (κ3) is 3.51. The predicted octanol–water partition coefficient (Wildman–Crippen LogP) is 7.42. The Labute approximate surface area is 228 Å². The highest BCUT2D eigenvalue weighted by Gasteiger charge is 2.42. The van der Waals surface area contributed by atoms with Gasteiger partial charge < -0.3 is 9.47 Å². The topological polar surface area (TPSA) is 18.5 Å². The third-order valence-electron chi connectivity index (χ3n) is 7.81. The van der Waals surface area contributed by atoms with Gasteiger partial charge in [-0.15, -0.1) is 0 Å². The summed E-state index contributed by atoms with van der Waals surface area (Å²) >= 11 is 0. The van der Waals surface area contributed by atoms with Crippen LogP contribution in [0, 0.1) is 0 Å².